The number of aliphatic hydroxyl groups excluding tert-OH is 1. The smallest absolute Gasteiger partial charge is 0.0793 e. The Kier molecular flexibility index (Phi) is 6.59. The number of carbonyl (C=O) groups excluding carboxylic acids is 1. The molecule has 3 N–H and O–H groups in total. The van der Waals surface area contributed by atoms with Gasteiger partial charge in [-0.1, -0.05) is 56.5 Å². The fourth-order valence-corrected chi connectivity index (χ4v) is 3.17. The van der Waals surface area contributed by atoms with Crippen LogP contribution < -0.4 is 10.8 Å². The highest BCUT2D eigenvalue weighted by Crippen LogP contribution is 2.30. The number of carboxylic acid groups (broad SMARTS) is 1. The molecule has 0 spiro atoms. The van der Waals surface area contributed by atoms with E-state index < -0.39 is 12.1 Å². The maximum Gasteiger partial charge on any atom is 0.0793 e. The Hall–Kier alpha value is -2.33. The molecule has 1 atom stereocenters. The van der Waals surface area contributed by atoms with Gasteiger partial charge in [0, 0.05) is 17.7 Å². The van der Waals surface area contributed by atoms with E-state index in [1.54, 1.807) is 19.1 Å². The maximum atomic E-state index is 11.2. The summed E-state index contributed by atoms with van der Waals surface area (Å²) in [4.78, 5) is 11.2. The summed E-state index contributed by atoms with van der Waals surface area (Å²) in [6, 6.07) is 10.7. The molecule has 0 radical (unpaired) electrons. The molecule has 4 heteroatoms. The quantitative estimate of drug-likeness (QED) is 0.571. The lowest BCUT2D eigenvalue weighted by Crippen LogP contribution is -2.23. The Labute approximate surface area is 149 Å². The van der Waals surface area contributed by atoms with Gasteiger partial charge in [0.05, 0.1) is 12.1 Å². The van der Waals surface area contributed by atoms with Gasteiger partial charge < -0.3 is 20.7 Å². The average Bonchev–Trinajstić information content (AvgIpc) is 2.58. The third-order valence-corrected chi connectivity index (χ3v) is 4.72. The molecular weight excluding hydrogens is 314 g/mol. The van der Waals surface area contributed by atoms with E-state index in [9.17, 15) is 15.0 Å². The number of anilines is 1. The van der Waals surface area contributed by atoms with Crippen LogP contribution in [0, 0.1) is 6.92 Å². The van der Waals surface area contributed by atoms with Crippen LogP contribution in [0.5, 0.6) is 0 Å². The van der Waals surface area contributed by atoms with Crippen molar-refractivity contribution >= 4 is 11.7 Å². The highest BCUT2D eigenvalue weighted by molar-refractivity contribution is 5.88. The van der Waals surface area contributed by atoms with Crippen LogP contribution in [0.2, 0.25) is 0 Å². The number of benzene rings is 2. The second-order valence-electron chi connectivity index (χ2n) is 6.48. The Morgan fingerprint density at radius 1 is 1.20 bits per heavy atom. The molecule has 0 saturated carbocycles. The molecule has 2 aromatic rings. The van der Waals surface area contributed by atoms with Gasteiger partial charge in [0.2, 0.25) is 0 Å². The number of nitrogen functional groups attached to an aromatic ring is 1. The second-order valence-corrected chi connectivity index (χ2v) is 6.48. The van der Waals surface area contributed by atoms with Crippen LogP contribution >= 0.6 is 0 Å². The summed E-state index contributed by atoms with van der Waals surface area (Å²) < 4.78 is 0. The van der Waals surface area contributed by atoms with Crippen LogP contribution in [-0.2, 0) is 6.42 Å². The van der Waals surface area contributed by atoms with Crippen molar-refractivity contribution in [3.63, 3.8) is 0 Å². The van der Waals surface area contributed by atoms with Gasteiger partial charge in [-0.15, -0.1) is 0 Å². The van der Waals surface area contributed by atoms with E-state index in [0.717, 1.165) is 36.0 Å². The van der Waals surface area contributed by atoms with Crippen molar-refractivity contribution in [2.45, 2.75) is 52.1 Å². The highest BCUT2D eigenvalue weighted by atomic mass is 16.4. The summed E-state index contributed by atoms with van der Waals surface area (Å²) in [5, 5.41) is 21.8. The lowest BCUT2D eigenvalue weighted by Gasteiger charge is -2.19. The summed E-state index contributed by atoms with van der Waals surface area (Å²) in [5.41, 5.74) is 10.2. The fourth-order valence-electron chi connectivity index (χ4n) is 3.17. The first kappa shape index (κ1) is 19.0. The Balaban J connectivity index is 2.34. The number of hydrogen-bond donors (Lipinski definition) is 2. The van der Waals surface area contributed by atoms with Crippen molar-refractivity contribution in [1.82, 2.24) is 0 Å². The van der Waals surface area contributed by atoms with E-state index in [4.69, 9.17) is 5.73 Å². The SMILES string of the molecule is CCCCCC(O)c1cccc(N)c1Cc1cccc(C(=O)[O-])c1C. The number of unbranched alkanes of at least 4 members (excludes halogenated alkanes) is 2. The zero-order chi connectivity index (χ0) is 18.4. The number of aromatic carboxylic acids is 1. The number of nitrogens with two attached hydrogens (primary N) is 1. The van der Waals surface area contributed by atoms with Crippen molar-refractivity contribution in [3.05, 3.63) is 64.2 Å². The van der Waals surface area contributed by atoms with Crippen molar-refractivity contribution in [2.24, 2.45) is 0 Å². The molecule has 0 aliphatic rings. The first-order chi connectivity index (χ1) is 12.0. The molecule has 2 aromatic carbocycles. The zero-order valence-corrected chi connectivity index (χ0v) is 14.9. The van der Waals surface area contributed by atoms with Gasteiger partial charge in [-0.3, -0.25) is 0 Å². The highest BCUT2D eigenvalue weighted by Gasteiger charge is 2.16. The van der Waals surface area contributed by atoms with Gasteiger partial charge >= 0.3 is 0 Å². The Bertz CT molecular complexity index is 740. The van der Waals surface area contributed by atoms with Crippen molar-refractivity contribution in [1.29, 1.82) is 0 Å². The zero-order valence-electron chi connectivity index (χ0n) is 14.9. The molecule has 0 fully saturated rings. The molecule has 0 aliphatic heterocycles. The van der Waals surface area contributed by atoms with Crippen LogP contribution in [-0.4, -0.2) is 11.1 Å². The van der Waals surface area contributed by atoms with Crippen LogP contribution in [0.25, 0.3) is 0 Å². The third kappa shape index (κ3) is 4.60. The van der Waals surface area contributed by atoms with Gasteiger partial charge in [-0.2, -0.15) is 0 Å². The minimum absolute atomic E-state index is 0.192. The molecule has 25 heavy (non-hydrogen) atoms. The fraction of sp³-hybridized carbons (Fsp3) is 0.381. The van der Waals surface area contributed by atoms with Gasteiger partial charge in [0.1, 0.15) is 0 Å². The molecule has 4 nitrogen and oxygen atoms in total. The number of hydrogen-bond acceptors (Lipinski definition) is 4. The minimum Gasteiger partial charge on any atom is -0.545 e. The van der Waals surface area contributed by atoms with E-state index in [1.807, 2.05) is 24.3 Å². The van der Waals surface area contributed by atoms with E-state index in [0.29, 0.717) is 24.1 Å². The van der Waals surface area contributed by atoms with E-state index in [-0.39, 0.29) is 5.56 Å². The first-order valence-corrected chi connectivity index (χ1v) is 8.80. The van der Waals surface area contributed by atoms with Crippen LogP contribution in [0.4, 0.5) is 5.69 Å². The van der Waals surface area contributed by atoms with Crippen molar-refractivity contribution < 1.29 is 15.0 Å². The summed E-state index contributed by atoms with van der Waals surface area (Å²) in [5.74, 6) is -1.18. The van der Waals surface area contributed by atoms with Crippen molar-refractivity contribution in [3.8, 4) is 0 Å². The molecule has 0 saturated heterocycles. The largest absolute Gasteiger partial charge is 0.545 e. The third-order valence-electron chi connectivity index (χ3n) is 4.72. The molecule has 1 unspecified atom stereocenters. The summed E-state index contributed by atoms with van der Waals surface area (Å²) in [6.07, 6.45) is 3.77. The molecule has 0 aliphatic carbocycles. The van der Waals surface area contributed by atoms with E-state index in [2.05, 4.69) is 6.92 Å². The lowest BCUT2D eigenvalue weighted by atomic mass is 9.90. The molecule has 0 bridgehead atoms. The predicted molar refractivity (Wildman–Crippen MR) is 98.3 cm³/mol. The number of carbonyl (C=O) groups is 1. The topological polar surface area (TPSA) is 86.4 Å². The monoisotopic (exact) mass is 340 g/mol. The summed E-state index contributed by atoms with van der Waals surface area (Å²) >= 11 is 0. The first-order valence-electron chi connectivity index (χ1n) is 8.80. The Morgan fingerprint density at radius 2 is 1.92 bits per heavy atom. The van der Waals surface area contributed by atoms with E-state index >= 15 is 0 Å². The standard InChI is InChI=1S/C21H27NO3/c1-3-4-5-12-20(23)17-10-7-11-19(22)18(17)13-15-8-6-9-16(14(15)2)21(24)25/h6-11,20,23H,3-5,12-13,22H2,1-2H3,(H,24,25)/p-1. The van der Waals surface area contributed by atoms with Gasteiger partial charge in [-0.25, -0.2) is 0 Å². The average molecular weight is 340 g/mol. The number of aliphatic hydroxyl groups is 1. The molecule has 0 amide bonds. The molecule has 0 heterocycles. The molecule has 134 valence electrons. The minimum atomic E-state index is -1.18. The lowest BCUT2D eigenvalue weighted by molar-refractivity contribution is -0.255. The van der Waals surface area contributed by atoms with Crippen molar-refractivity contribution in [2.75, 3.05) is 5.73 Å². The normalized spacial score (nSPS) is 12.1. The number of carboxylic acids is 1. The van der Waals surface area contributed by atoms with Crippen LogP contribution in [0.3, 0.4) is 0 Å². The Morgan fingerprint density at radius 3 is 2.60 bits per heavy atom. The van der Waals surface area contributed by atoms with Crippen LogP contribution in [0.1, 0.15) is 71.3 Å². The maximum absolute atomic E-state index is 11.2. The van der Waals surface area contributed by atoms with Gasteiger partial charge in [0.15, 0.2) is 0 Å². The molecule has 2 rings (SSSR count). The van der Waals surface area contributed by atoms with E-state index in [1.165, 1.54) is 0 Å². The van der Waals surface area contributed by atoms with Gasteiger partial charge in [-0.05, 0) is 41.7 Å². The van der Waals surface area contributed by atoms with Crippen LogP contribution in [0.15, 0.2) is 36.4 Å². The molecule has 0 aromatic heterocycles. The second kappa shape index (κ2) is 8.67. The predicted octanol–water partition coefficient (Wildman–Crippen LogP) is 3.15. The summed E-state index contributed by atoms with van der Waals surface area (Å²) in [7, 11) is 0. The number of rotatable bonds is 8. The molecular formula is C21H26NO3-. The van der Waals surface area contributed by atoms with Gasteiger partial charge in [0.25, 0.3) is 0 Å². The summed E-state index contributed by atoms with van der Waals surface area (Å²) in [6.45, 7) is 3.91.